The van der Waals surface area contributed by atoms with Gasteiger partial charge in [0.05, 0.1) is 6.07 Å². The summed E-state index contributed by atoms with van der Waals surface area (Å²) in [6, 6.07) is 2.86. The Hall–Kier alpha value is -0.590. The minimum absolute atomic E-state index is 0.657. The maximum Gasteiger partial charge on any atom is 0.0635 e. The van der Waals surface area contributed by atoms with Gasteiger partial charge in [0.1, 0.15) is 0 Å². The van der Waals surface area contributed by atoms with Crippen LogP contribution >= 0.6 is 0 Å². The fourth-order valence-electron chi connectivity index (χ4n) is 1.74. The van der Waals surface area contributed by atoms with Gasteiger partial charge in [-0.05, 0) is 19.5 Å². The molecule has 1 atom stereocenters. The highest BCUT2D eigenvalue weighted by molar-refractivity contribution is 4.82. The molecule has 0 radical (unpaired) electrons. The summed E-state index contributed by atoms with van der Waals surface area (Å²) in [4.78, 5) is 2.39. The maximum absolute atomic E-state index is 8.46. The number of hydrogen-bond acceptors (Lipinski definition) is 3. The van der Waals surface area contributed by atoms with Crippen molar-refractivity contribution in [3.8, 4) is 6.07 Å². The fraction of sp³-hybridized carbons (Fsp3) is 0.889. The Balaban J connectivity index is 2.28. The highest BCUT2D eigenvalue weighted by Crippen LogP contribution is 2.07. The van der Waals surface area contributed by atoms with E-state index in [-0.39, 0.29) is 0 Å². The van der Waals surface area contributed by atoms with E-state index in [1.54, 1.807) is 0 Å². The molecule has 68 valence electrons. The van der Waals surface area contributed by atoms with Gasteiger partial charge < -0.3 is 5.32 Å². The molecule has 0 aromatic rings. The summed E-state index contributed by atoms with van der Waals surface area (Å²) >= 11 is 0. The Labute approximate surface area is 74.4 Å². The SMILES string of the molecule is CCN(CCC#N)C1CCNC1. The molecule has 1 rings (SSSR count). The molecule has 1 N–H and O–H groups in total. The van der Waals surface area contributed by atoms with Crippen molar-refractivity contribution >= 4 is 0 Å². The molecule has 0 saturated carbocycles. The molecular formula is C9H17N3. The van der Waals surface area contributed by atoms with E-state index in [1.165, 1.54) is 6.42 Å². The minimum atomic E-state index is 0.657. The van der Waals surface area contributed by atoms with Gasteiger partial charge in [-0.25, -0.2) is 0 Å². The third-order valence-corrected chi connectivity index (χ3v) is 2.47. The first kappa shape index (κ1) is 9.50. The second-order valence-corrected chi connectivity index (χ2v) is 3.18. The van der Waals surface area contributed by atoms with Crippen LogP contribution < -0.4 is 5.32 Å². The average Bonchev–Trinajstić information content (AvgIpc) is 2.59. The van der Waals surface area contributed by atoms with E-state index >= 15 is 0 Å². The van der Waals surface area contributed by atoms with Crippen LogP contribution in [0.25, 0.3) is 0 Å². The van der Waals surface area contributed by atoms with Crippen LogP contribution in [0.3, 0.4) is 0 Å². The Kier molecular flexibility index (Phi) is 4.06. The van der Waals surface area contributed by atoms with Crippen molar-refractivity contribution in [3.63, 3.8) is 0 Å². The van der Waals surface area contributed by atoms with Crippen LogP contribution in [-0.2, 0) is 0 Å². The Morgan fingerprint density at radius 1 is 1.67 bits per heavy atom. The van der Waals surface area contributed by atoms with Crippen LogP contribution in [-0.4, -0.2) is 37.1 Å². The molecule has 0 aromatic heterocycles. The normalized spacial score (nSPS) is 22.9. The Bertz CT molecular complexity index is 156. The highest BCUT2D eigenvalue weighted by atomic mass is 15.2. The predicted octanol–water partition coefficient (Wildman–Crippen LogP) is 0.584. The first-order chi connectivity index (χ1) is 5.88. The fourth-order valence-corrected chi connectivity index (χ4v) is 1.74. The van der Waals surface area contributed by atoms with Gasteiger partial charge in [0.15, 0.2) is 0 Å². The van der Waals surface area contributed by atoms with E-state index in [0.717, 1.165) is 26.2 Å². The van der Waals surface area contributed by atoms with Crippen molar-refractivity contribution in [2.75, 3.05) is 26.2 Å². The van der Waals surface area contributed by atoms with Crippen LogP contribution in [0, 0.1) is 11.3 Å². The first-order valence-corrected chi connectivity index (χ1v) is 4.70. The van der Waals surface area contributed by atoms with Crippen LogP contribution in [0.15, 0.2) is 0 Å². The minimum Gasteiger partial charge on any atom is -0.315 e. The van der Waals surface area contributed by atoms with Gasteiger partial charge in [-0.2, -0.15) is 5.26 Å². The Morgan fingerprint density at radius 2 is 2.50 bits per heavy atom. The van der Waals surface area contributed by atoms with Gasteiger partial charge in [0, 0.05) is 25.6 Å². The molecule has 1 aliphatic rings. The summed E-state index contributed by atoms with van der Waals surface area (Å²) in [5.41, 5.74) is 0. The van der Waals surface area contributed by atoms with E-state index in [1.807, 2.05) is 0 Å². The predicted molar refractivity (Wildman–Crippen MR) is 48.8 cm³/mol. The van der Waals surface area contributed by atoms with Gasteiger partial charge >= 0.3 is 0 Å². The molecule has 3 nitrogen and oxygen atoms in total. The zero-order chi connectivity index (χ0) is 8.81. The number of nitrogens with one attached hydrogen (secondary N) is 1. The molecule has 1 fully saturated rings. The zero-order valence-electron chi connectivity index (χ0n) is 7.71. The van der Waals surface area contributed by atoms with Gasteiger partial charge in [0.2, 0.25) is 0 Å². The summed E-state index contributed by atoms with van der Waals surface area (Å²) in [6.07, 6.45) is 1.89. The molecule has 3 heteroatoms. The maximum atomic E-state index is 8.46. The number of nitriles is 1. The van der Waals surface area contributed by atoms with Crippen molar-refractivity contribution in [1.29, 1.82) is 5.26 Å². The largest absolute Gasteiger partial charge is 0.315 e. The van der Waals surface area contributed by atoms with E-state index in [2.05, 4.69) is 23.2 Å². The lowest BCUT2D eigenvalue weighted by Crippen LogP contribution is -2.37. The van der Waals surface area contributed by atoms with Crippen molar-refractivity contribution < 1.29 is 0 Å². The molecule has 1 aliphatic heterocycles. The lowest BCUT2D eigenvalue weighted by atomic mass is 10.2. The average molecular weight is 167 g/mol. The molecule has 1 unspecified atom stereocenters. The zero-order valence-corrected chi connectivity index (χ0v) is 7.71. The molecule has 0 spiro atoms. The molecule has 0 amide bonds. The molecule has 12 heavy (non-hydrogen) atoms. The van der Waals surface area contributed by atoms with Gasteiger partial charge in [-0.15, -0.1) is 0 Å². The van der Waals surface area contributed by atoms with E-state index in [9.17, 15) is 0 Å². The standard InChI is InChI=1S/C9H17N3/c1-2-12(7-3-5-10)9-4-6-11-8-9/h9,11H,2-4,6-8H2,1H3. The number of nitrogens with zero attached hydrogens (tertiary/aromatic N) is 2. The van der Waals surface area contributed by atoms with Crippen molar-refractivity contribution in [3.05, 3.63) is 0 Å². The number of rotatable bonds is 4. The third-order valence-electron chi connectivity index (χ3n) is 2.47. The molecule has 0 aromatic carbocycles. The van der Waals surface area contributed by atoms with Crippen LogP contribution in [0.5, 0.6) is 0 Å². The van der Waals surface area contributed by atoms with Crippen molar-refractivity contribution in [1.82, 2.24) is 10.2 Å². The topological polar surface area (TPSA) is 39.1 Å². The quantitative estimate of drug-likeness (QED) is 0.666. The lowest BCUT2D eigenvalue weighted by Gasteiger charge is -2.25. The van der Waals surface area contributed by atoms with Gasteiger partial charge in [0.25, 0.3) is 0 Å². The lowest BCUT2D eigenvalue weighted by molar-refractivity contribution is 0.224. The van der Waals surface area contributed by atoms with E-state index < -0.39 is 0 Å². The van der Waals surface area contributed by atoms with Crippen LogP contribution in [0.1, 0.15) is 19.8 Å². The molecular weight excluding hydrogens is 150 g/mol. The first-order valence-electron chi connectivity index (χ1n) is 4.70. The van der Waals surface area contributed by atoms with Crippen molar-refractivity contribution in [2.45, 2.75) is 25.8 Å². The van der Waals surface area contributed by atoms with Gasteiger partial charge in [-0.1, -0.05) is 6.92 Å². The molecule has 1 saturated heterocycles. The number of hydrogen-bond donors (Lipinski definition) is 1. The van der Waals surface area contributed by atoms with E-state index in [0.29, 0.717) is 12.5 Å². The smallest absolute Gasteiger partial charge is 0.0635 e. The second kappa shape index (κ2) is 5.13. The summed E-state index contributed by atoms with van der Waals surface area (Å²) < 4.78 is 0. The molecule has 0 bridgehead atoms. The summed E-state index contributed by atoms with van der Waals surface area (Å²) in [5, 5.41) is 11.8. The monoisotopic (exact) mass is 167 g/mol. The van der Waals surface area contributed by atoms with Crippen molar-refractivity contribution in [2.24, 2.45) is 0 Å². The molecule has 0 aliphatic carbocycles. The van der Waals surface area contributed by atoms with Crippen LogP contribution in [0.2, 0.25) is 0 Å². The van der Waals surface area contributed by atoms with Gasteiger partial charge in [-0.3, -0.25) is 4.90 Å². The third kappa shape index (κ3) is 2.47. The van der Waals surface area contributed by atoms with E-state index in [4.69, 9.17) is 5.26 Å². The number of likely N-dealkylation sites (N-methyl/N-ethyl adjacent to an activating group) is 1. The summed E-state index contributed by atoms with van der Waals surface area (Å²) in [6.45, 7) is 6.38. The summed E-state index contributed by atoms with van der Waals surface area (Å²) in [7, 11) is 0. The second-order valence-electron chi connectivity index (χ2n) is 3.18. The summed E-state index contributed by atoms with van der Waals surface area (Å²) in [5.74, 6) is 0. The Morgan fingerprint density at radius 3 is 3.00 bits per heavy atom. The highest BCUT2D eigenvalue weighted by Gasteiger charge is 2.19. The molecule has 1 heterocycles. The van der Waals surface area contributed by atoms with Crippen LogP contribution in [0.4, 0.5) is 0 Å².